The highest BCUT2D eigenvalue weighted by atomic mass is 32.2. The summed E-state index contributed by atoms with van der Waals surface area (Å²) in [6, 6.07) is 0. The van der Waals surface area contributed by atoms with E-state index >= 15 is 0 Å². The molecule has 104 valence electrons. The summed E-state index contributed by atoms with van der Waals surface area (Å²) in [5.74, 6) is 0. The molecular weight excluding hydrogens is 242 g/mol. The van der Waals surface area contributed by atoms with Gasteiger partial charge in [-0.3, -0.25) is 0 Å². The van der Waals surface area contributed by atoms with Crippen LogP contribution in [-0.4, -0.2) is 27.6 Å². The van der Waals surface area contributed by atoms with Gasteiger partial charge in [0.1, 0.15) is 0 Å². The average Bonchev–Trinajstić information content (AvgIpc) is 2.85. The second-order valence-electron chi connectivity index (χ2n) is 5.38. The van der Waals surface area contributed by atoms with Crippen LogP contribution in [0.25, 0.3) is 0 Å². The lowest BCUT2D eigenvalue weighted by atomic mass is 9.99. The summed E-state index contributed by atoms with van der Waals surface area (Å²) in [5, 5.41) is 3.36. The molecule has 3 nitrogen and oxygen atoms in total. The average molecular weight is 269 g/mol. The predicted molar refractivity (Wildman–Crippen MR) is 81.1 cm³/mol. The molecule has 0 bridgehead atoms. The first-order chi connectivity index (χ1) is 8.44. The van der Waals surface area contributed by atoms with Gasteiger partial charge in [0.05, 0.1) is 17.6 Å². The van der Waals surface area contributed by atoms with Gasteiger partial charge in [-0.1, -0.05) is 13.8 Å². The summed E-state index contributed by atoms with van der Waals surface area (Å²) in [6.45, 7) is 9.97. The Kier molecular flexibility index (Phi) is 5.29. The number of aromatic nitrogens is 2. The first-order valence-corrected chi connectivity index (χ1v) is 7.92. The number of nitrogens with one attached hydrogen (secondary N) is 1. The van der Waals surface area contributed by atoms with E-state index in [4.69, 9.17) is 0 Å². The molecule has 1 N–H and O–H groups in total. The molecule has 1 heterocycles. The lowest BCUT2D eigenvalue weighted by molar-refractivity contribution is 0.384. The number of nitrogens with zero attached hydrogens (tertiary/aromatic N) is 2. The zero-order valence-electron chi connectivity index (χ0n) is 12.6. The Hall–Kier alpha value is -0.480. The summed E-state index contributed by atoms with van der Waals surface area (Å²) < 4.78 is 2.62. The van der Waals surface area contributed by atoms with E-state index in [-0.39, 0.29) is 5.54 Å². The van der Waals surface area contributed by atoms with Crippen LogP contribution in [0.15, 0.2) is 12.5 Å². The van der Waals surface area contributed by atoms with Crippen LogP contribution >= 0.6 is 11.8 Å². The monoisotopic (exact) mass is 269 g/mol. The van der Waals surface area contributed by atoms with E-state index in [0.29, 0.717) is 4.75 Å². The van der Waals surface area contributed by atoms with Crippen molar-refractivity contribution in [3.05, 3.63) is 18.2 Å². The molecule has 0 aliphatic heterocycles. The van der Waals surface area contributed by atoms with Gasteiger partial charge in [0.2, 0.25) is 0 Å². The zero-order chi connectivity index (χ0) is 13.8. The Bertz CT molecular complexity index is 359. The number of hydrogen-bond acceptors (Lipinski definition) is 3. The van der Waals surface area contributed by atoms with Crippen LogP contribution in [0.3, 0.4) is 0 Å². The van der Waals surface area contributed by atoms with E-state index in [0.717, 1.165) is 6.54 Å². The fourth-order valence-electron chi connectivity index (χ4n) is 2.23. The van der Waals surface area contributed by atoms with Gasteiger partial charge in [-0.05, 0) is 40.0 Å². The lowest BCUT2D eigenvalue weighted by Crippen LogP contribution is -2.38. The highest BCUT2D eigenvalue weighted by Crippen LogP contribution is 2.33. The molecule has 0 spiro atoms. The quantitative estimate of drug-likeness (QED) is 0.824. The third kappa shape index (κ3) is 3.09. The van der Waals surface area contributed by atoms with Crippen LogP contribution < -0.4 is 5.32 Å². The molecule has 0 amide bonds. The Morgan fingerprint density at radius 1 is 1.33 bits per heavy atom. The fourth-order valence-corrected chi connectivity index (χ4v) is 3.08. The van der Waals surface area contributed by atoms with Gasteiger partial charge in [-0.25, -0.2) is 4.98 Å². The lowest BCUT2D eigenvalue weighted by Gasteiger charge is -2.33. The molecule has 0 saturated heterocycles. The Morgan fingerprint density at radius 3 is 2.39 bits per heavy atom. The molecular formula is C14H27N3S. The molecule has 0 aliphatic rings. The minimum absolute atomic E-state index is 0.0396. The summed E-state index contributed by atoms with van der Waals surface area (Å²) in [6.07, 6.45) is 8.52. The van der Waals surface area contributed by atoms with Crippen molar-refractivity contribution in [3.63, 3.8) is 0 Å². The van der Waals surface area contributed by atoms with Crippen molar-refractivity contribution in [1.82, 2.24) is 14.9 Å². The summed E-state index contributed by atoms with van der Waals surface area (Å²) in [5.41, 5.74) is 1.22. The third-order valence-corrected chi connectivity index (χ3v) is 5.73. The van der Waals surface area contributed by atoms with Gasteiger partial charge in [0.25, 0.3) is 0 Å². The number of thioether (sulfide) groups is 1. The molecule has 1 aromatic heterocycles. The molecule has 1 rings (SSSR count). The molecule has 1 aromatic rings. The molecule has 4 heteroatoms. The van der Waals surface area contributed by atoms with Crippen molar-refractivity contribution >= 4 is 11.8 Å². The smallest absolute Gasteiger partial charge is 0.0949 e. The maximum Gasteiger partial charge on any atom is 0.0949 e. The molecule has 0 unspecified atom stereocenters. The van der Waals surface area contributed by atoms with E-state index in [9.17, 15) is 0 Å². The van der Waals surface area contributed by atoms with E-state index in [1.54, 1.807) is 0 Å². The fraction of sp³-hybridized carbons (Fsp3) is 0.786. The number of rotatable bonds is 7. The zero-order valence-corrected chi connectivity index (χ0v) is 13.4. The Morgan fingerprint density at radius 2 is 1.94 bits per heavy atom. The maximum atomic E-state index is 4.34. The second-order valence-corrected chi connectivity index (χ2v) is 6.65. The van der Waals surface area contributed by atoms with Crippen LogP contribution in [0.1, 0.15) is 46.2 Å². The van der Waals surface area contributed by atoms with Crippen LogP contribution in [-0.2, 0) is 12.1 Å². The van der Waals surface area contributed by atoms with Crippen molar-refractivity contribution < 1.29 is 0 Å². The second kappa shape index (κ2) is 6.11. The third-order valence-electron chi connectivity index (χ3n) is 4.16. The standard InChI is InChI=1S/C14H27N3S/c1-7-14(8-2,18-6)10-17-11-16-9-12(17)13(3,4)15-5/h9,11,15H,7-8,10H2,1-6H3. The van der Waals surface area contributed by atoms with Gasteiger partial charge < -0.3 is 9.88 Å². The minimum atomic E-state index is -0.0396. The maximum absolute atomic E-state index is 4.34. The summed E-state index contributed by atoms with van der Waals surface area (Å²) in [7, 11) is 2.00. The first kappa shape index (κ1) is 15.6. The van der Waals surface area contributed by atoms with E-state index in [1.807, 2.05) is 31.3 Å². The number of imidazole rings is 1. The van der Waals surface area contributed by atoms with Crippen molar-refractivity contribution in [2.45, 2.75) is 57.4 Å². The van der Waals surface area contributed by atoms with Gasteiger partial charge in [-0.15, -0.1) is 0 Å². The predicted octanol–water partition coefficient (Wildman–Crippen LogP) is 3.26. The SMILES string of the molecule is CCC(CC)(Cn1cncc1C(C)(C)NC)SC. The van der Waals surface area contributed by atoms with Crippen molar-refractivity contribution in [3.8, 4) is 0 Å². The first-order valence-electron chi connectivity index (χ1n) is 6.69. The number of hydrogen-bond donors (Lipinski definition) is 1. The van der Waals surface area contributed by atoms with Gasteiger partial charge in [0, 0.05) is 17.5 Å². The topological polar surface area (TPSA) is 29.9 Å². The van der Waals surface area contributed by atoms with Crippen LogP contribution in [0.5, 0.6) is 0 Å². The molecule has 0 radical (unpaired) electrons. The molecule has 18 heavy (non-hydrogen) atoms. The molecule has 0 atom stereocenters. The molecule has 0 saturated carbocycles. The Labute approximate surface area is 116 Å². The molecule has 0 aliphatic carbocycles. The highest BCUT2D eigenvalue weighted by Gasteiger charge is 2.29. The van der Waals surface area contributed by atoms with E-state index in [2.05, 4.69) is 48.8 Å². The normalized spacial score (nSPS) is 13.0. The molecule has 0 fully saturated rings. The van der Waals surface area contributed by atoms with Crippen LogP contribution in [0, 0.1) is 0 Å². The van der Waals surface area contributed by atoms with E-state index < -0.39 is 0 Å². The van der Waals surface area contributed by atoms with Gasteiger partial charge >= 0.3 is 0 Å². The minimum Gasteiger partial charge on any atom is -0.332 e. The van der Waals surface area contributed by atoms with Crippen molar-refractivity contribution in [2.75, 3.05) is 13.3 Å². The van der Waals surface area contributed by atoms with Gasteiger partial charge in [0.15, 0.2) is 0 Å². The van der Waals surface area contributed by atoms with E-state index in [1.165, 1.54) is 18.5 Å². The Balaban J connectivity index is 3.02. The summed E-state index contributed by atoms with van der Waals surface area (Å²) >= 11 is 1.97. The van der Waals surface area contributed by atoms with Crippen molar-refractivity contribution in [2.24, 2.45) is 0 Å². The summed E-state index contributed by atoms with van der Waals surface area (Å²) in [4.78, 5) is 4.34. The van der Waals surface area contributed by atoms with Crippen molar-refractivity contribution in [1.29, 1.82) is 0 Å². The van der Waals surface area contributed by atoms with Crippen LogP contribution in [0.4, 0.5) is 0 Å². The largest absolute Gasteiger partial charge is 0.332 e. The van der Waals surface area contributed by atoms with Gasteiger partial charge in [-0.2, -0.15) is 11.8 Å². The van der Waals surface area contributed by atoms with Crippen LogP contribution in [0.2, 0.25) is 0 Å². The highest BCUT2D eigenvalue weighted by molar-refractivity contribution is 8.00. The molecule has 0 aromatic carbocycles.